The van der Waals surface area contributed by atoms with Gasteiger partial charge in [0.25, 0.3) is 11.8 Å². The average Bonchev–Trinajstić information content (AvgIpc) is 2.95. The summed E-state index contributed by atoms with van der Waals surface area (Å²) in [6, 6.07) is 3.82. The minimum absolute atomic E-state index is 0.109. The first-order valence-electron chi connectivity index (χ1n) is 9.25. The molecule has 1 heterocycles. The molecule has 2 aliphatic rings. The van der Waals surface area contributed by atoms with E-state index in [1.165, 1.54) is 26.4 Å². The summed E-state index contributed by atoms with van der Waals surface area (Å²) in [5, 5.41) is 3.34. The van der Waals surface area contributed by atoms with E-state index in [2.05, 4.69) is 10.7 Å². The molecule has 1 saturated heterocycles. The molecule has 2 N–H and O–H groups in total. The van der Waals surface area contributed by atoms with E-state index in [0.29, 0.717) is 23.6 Å². The van der Waals surface area contributed by atoms with Crippen molar-refractivity contribution in [1.82, 2.24) is 15.8 Å². The Balaban J connectivity index is 1.58. The minimum atomic E-state index is -0.949. The number of hydrogen-bond acceptors (Lipinski definition) is 7. The van der Waals surface area contributed by atoms with Crippen LogP contribution in [0.2, 0.25) is 0 Å². The summed E-state index contributed by atoms with van der Waals surface area (Å²) in [7, 11) is 2.86. The van der Waals surface area contributed by atoms with Crippen LogP contribution in [0.3, 0.4) is 0 Å². The third-order valence-corrected chi connectivity index (χ3v) is 5.07. The Bertz CT molecular complexity index is 833. The summed E-state index contributed by atoms with van der Waals surface area (Å²) in [6.45, 7) is -0.669. The molecule has 2 fully saturated rings. The second-order valence-corrected chi connectivity index (χ2v) is 6.89. The Morgan fingerprint density at radius 1 is 1.14 bits per heavy atom. The zero-order chi connectivity index (χ0) is 21.0. The van der Waals surface area contributed by atoms with E-state index in [0.717, 1.165) is 19.3 Å². The molecule has 0 unspecified atom stereocenters. The number of carbonyl (C=O) groups is 4. The van der Waals surface area contributed by atoms with Crippen LogP contribution < -0.4 is 20.2 Å². The van der Waals surface area contributed by atoms with Gasteiger partial charge in [-0.25, -0.2) is 9.59 Å². The van der Waals surface area contributed by atoms with E-state index < -0.39 is 36.0 Å². The highest BCUT2D eigenvalue weighted by Gasteiger charge is 2.52. The number of esters is 1. The number of hydrazine groups is 1. The maximum absolute atomic E-state index is 12.6. The summed E-state index contributed by atoms with van der Waals surface area (Å²) in [6.07, 6.45) is 3.73. The van der Waals surface area contributed by atoms with Crippen LogP contribution in [-0.2, 0) is 14.3 Å². The van der Waals surface area contributed by atoms with Gasteiger partial charge >= 0.3 is 12.0 Å². The SMILES string of the molecule is COc1ccc(C(=O)OCC(=O)NN2C(=O)NC3(CCCCC3)C2=O)c(OC)c1. The van der Waals surface area contributed by atoms with Gasteiger partial charge in [0.1, 0.15) is 22.6 Å². The molecule has 1 aromatic carbocycles. The van der Waals surface area contributed by atoms with Crippen molar-refractivity contribution in [3.63, 3.8) is 0 Å². The fourth-order valence-electron chi connectivity index (χ4n) is 3.55. The third-order valence-electron chi connectivity index (χ3n) is 5.07. The van der Waals surface area contributed by atoms with Gasteiger partial charge in [-0.3, -0.25) is 15.0 Å². The lowest BCUT2D eigenvalue weighted by molar-refractivity contribution is -0.140. The summed E-state index contributed by atoms with van der Waals surface area (Å²) >= 11 is 0. The average molecular weight is 405 g/mol. The van der Waals surface area contributed by atoms with Gasteiger partial charge < -0.3 is 19.5 Å². The van der Waals surface area contributed by atoms with Crippen molar-refractivity contribution in [1.29, 1.82) is 0 Å². The molecule has 1 spiro atoms. The van der Waals surface area contributed by atoms with E-state index in [-0.39, 0.29) is 11.3 Å². The maximum atomic E-state index is 12.6. The molecule has 0 aromatic heterocycles. The smallest absolute Gasteiger partial charge is 0.344 e. The molecule has 1 aromatic rings. The number of hydrogen-bond donors (Lipinski definition) is 2. The van der Waals surface area contributed by atoms with Crippen molar-refractivity contribution in [2.45, 2.75) is 37.6 Å². The van der Waals surface area contributed by atoms with Crippen LogP contribution in [0.5, 0.6) is 11.5 Å². The van der Waals surface area contributed by atoms with Crippen molar-refractivity contribution in [3.8, 4) is 11.5 Å². The third kappa shape index (κ3) is 4.10. The molecule has 10 heteroatoms. The first kappa shape index (κ1) is 20.4. The second kappa shape index (κ2) is 8.38. The molecule has 0 atom stereocenters. The predicted octanol–water partition coefficient (Wildman–Crippen LogP) is 1.15. The van der Waals surface area contributed by atoms with Crippen molar-refractivity contribution >= 4 is 23.8 Å². The number of carbonyl (C=O) groups excluding carboxylic acids is 4. The highest BCUT2D eigenvalue weighted by molar-refractivity contribution is 6.08. The molecule has 29 heavy (non-hydrogen) atoms. The van der Waals surface area contributed by atoms with Crippen LogP contribution in [0.1, 0.15) is 42.5 Å². The van der Waals surface area contributed by atoms with Crippen molar-refractivity contribution < 1.29 is 33.4 Å². The summed E-state index contributed by atoms with van der Waals surface area (Å²) in [5.74, 6) is -1.36. The Labute approximate surface area is 167 Å². The van der Waals surface area contributed by atoms with Crippen LogP contribution in [0, 0.1) is 0 Å². The van der Waals surface area contributed by atoms with Gasteiger partial charge in [-0.1, -0.05) is 19.3 Å². The molecule has 3 rings (SSSR count). The molecule has 156 valence electrons. The highest BCUT2D eigenvalue weighted by atomic mass is 16.5. The first-order chi connectivity index (χ1) is 13.9. The van der Waals surface area contributed by atoms with E-state index >= 15 is 0 Å². The lowest BCUT2D eigenvalue weighted by Gasteiger charge is -2.30. The molecule has 0 radical (unpaired) electrons. The van der Waals surface area contributed by atoms with E-state index in [1.54, 1.807) is 6.07 Å². The van der Waals surface area contributed by atoms with Gasteiger partial charge in [-0.2, -0.15) is 5.01 Å². The van der Waals surface area contributed by atoms with Crippen molar-refractivity contribution in [2.24, 2.45) is 0 Å². The van der Waals surface area contributed by atoms with Crippen LogP contribution >= 0.6 is 0 Å². The quantitative estimate of drug-likeness (QED) is 0.537. The van der Waals surface area contributed by atoms with Crippen molar-refractivity contribution in [3.05, 3.63) is 23.8 Å². The molecule has 4 amide bonds. The Kier molecular flexibility index (Phi) is 5.90. The van der Waals surface area contributed by atoms with Crippen LogP contribution in [0.15, 0.2) is 18.2 Å². The van der Waals surface area contributed by atoms with Crippen LogP contribution in [0.4, 0.5) is 4.79 Å². The highest BCUT2D eigenvalue weighted by Crippen LogP contribution is 2.33. The number of nitrogens with one attached hydrogen (secondary N) is 2. The number of imide groups is 1. The number of amides is 4. The Morgan fingerprint density at radius 2 is 1.86 bits per heavy atom. The molecular formula is C19H23N3O7. The largest absolute Gasteiger partial charge is 0.497 e. The number of ether oxygens (including phenoxy) is 3. The van der Waals surface area contributed by atoms with Gasteiger partial charge in [0.2, 0.25) is 0 Å². The fourth-order valence-corrected chi connectivity index (χ4v) is 3.55. The first-order valence-corrected chi connectivity index (χ1v) is 9.25. The van der Waals surface area contributed by atoms with Crippen LogP contribution in [0.25, 0.3) is 0 Å². The summed E-state index contributed by atoms with van der Waals surface area (Å²) in [4.78, 5) is 49.2. The molecule has 0 bridgehead atoms. The second-order valence-electron chi connectivity index (χ2n) is 6.89. The fraction of sp³-hybridized carbons (Fsp3) is 0.474. The monoisotopic (exact) mass is 405 g/mol. The lowest BCUT2D eigenvalue weighted by atomic mass is 9.82. The van der Waals surface area contributed by atoms with E-state index in [4.69, 9.17) is 14.2 Å². The number of urea groups is 1. The zero-order valence-corrected chi connectivity index (χ0v) is 16.3. The van der Waals surface area contributed by atoms with Gasteiger partial charge in [0, 0.05) is 6.07 Å². The van der Waals surface area contributed by atoms with Gasteiger partial charge in [0.15, 0.2) is 6.61 Å². The van der Waals surface area contributed by atoms with Crippen molar-refractivity contribution in [2.75, 3.05) is 20.8 Å². The van der Waals surface area contributed by atoms with Gasteiger partial charge in [-0.15, -0.1) is 0 Å². The molecular weight excluding hydrogens is 382 g/mol. The number of methoxy groups -OCH3 is 2. The molecule has 1 saturated carbocycles. The number of nitrogens with zero attached hydrogens (tertiary/aromatic N) is 1. The standard InChI is InChI=1S/C19H23N3O7/c1-27-12-6-7-13(14(10-12)28-2)16(24)29-11-15(23)21-22-17(25)19(20-18(22)26)8-4-3-5-9-19/h6-7,10H,3-5,8-9,11H2,1-2H3,(H,20,26)(H,21,23). The van der Waals surface area contributed by atoms with Gasteiger partial charge in [0.05, 0.1) is 14.2 Å². The topological polar surface area (TPSA) is 123 Å². The van der Waals surface area contributed by atoms with Crippen LogP contribution in [-0.4, -0.2) is 55.2 Å². The molecule has 10 nitrogen and oxygen atoms in total. The molecule has 1 aliphatic heterocycles. The summed E-state index contributed by atoms with van der Waals surface area (Å²) < 4.78 is 15.2. The Morgan fingerprint density at radius 3 is 2.52 bits per heavy atom. The number of rotatable bonds is 6. The normalized spacial score (nSPS) is 17.7. The minimum Gasteiger partial charge on any atom is -0.497 e. The zero-order valence-electron chi connectivity index (χ0n) is 16.3. The lowest BCUT2D eigenvalue weighted by Crippen LogP contribution is -2.51. The Hall–Kier alpha value is -3.30. The maximum Gasteiger partial charge on any atom is 0.344 e. The predicted molar refractivity (Wildman–Crippen MR) is 99.2 cm³/mol. The van der Waals surface area contributed by atoms with E-state index in [9.17, 15) is 19.2 Å². The van der Waals surface area contributed by atoms with Gasteiger partial charge in [-0.05, 0) is 25.0 Å². The number of benzene rings is 1. The summed E-state index contributed by atoms with van der Waals surface area (Å²) in [5.41, 5.74) is 1.37. The van der Waals surface area contributed by atoms with E-state index in [1.807, 2.05) is 0 Å². The molecule has 1 aliphatic carbocycles.